The molecule has 1 N–H and O–H groups in total. The van der Waals surface area contributed by atoms with Gasteiger partial charge in [0.05, 0.1) is 18.6 Å². The fourth-order valence-corrected chi connectivity index (χ4v) is 6.43. The molecule has 0 spiro atoms. The summed E-state index contributed by atoms with van der Waals surface area (Å²) in [6.07, 6.45) is 6.54. The lowest BCUT2D eigenvalue weighted by atomic mass is 9.74. The van der Waals surface area contributed by atoms with Crippen LogP contribution in [0.4, 0.5) is 13.2 Å². The zero-order valence-electron chi connectivity index (χ0n) is 21.9. The molecular formula is C31H37F3O4. The topological polar surface area (TPSA) is 59.1 Å². The van der Waals surface area contributed by atoms with Crippen molar-refractivity contribution in [1.29, 1.82) is 0 Å². The average molecular weight is 531 g/mol. The SMILES string of the molecule is CCCC(O)C1CCC(c2ccc(C3CCC(C(=O)Oc4ccc(C5CO5)cc4F)CC3)c(F)c2F)CC1. The minimum Gasteiger partial charge on any atom is -0.423 e. The first-order valence-corrected chi connectivity index (χ1v) is 14.1. The summed E-state index contributed by atoms with van der Waals surface area (Å²) in [5.41, 5.74) is 1.53. The first-order valence-electron chi connectivity index (χ1n) is 14.1. The van der Waals surface area contributed by atoms with Crippen molar-refractivity contribution in [2.24, 2.45) is 11.8 Å². The largest absolute Gasteiger partial charge is 0.423 e. The highest BCUT2D eigenvalue weighted by molar-refractivity contribution is 5.75. The molecule has 2 aromatic rings. The summed E-state index contributed by atoms with van der Waals surface area (Å²) in [5, 5.41) is 10.3. The number of ether oxygens (including phenoxy) is 2. The van der Waals surface area contributed by atoms with Gasteiger partial charge in [-0.2, -0.15) is 0 Å². The molecule has 2 saturated carbocycles. The van der Waals surface area contributed by atoms with Crippen LogP contribution >= 0.6 is 0 Å². The molecule has 2 aliphatic carbocycles. The van der Waals surface area contributed by atoms with Gasteiger partial charge in [0, 0.05) is 0 Å². The Bertz CT molecular complexity index is 1130. The molecule has 2 atom stereocenters. The van der Waals surface area contributed by atoms with Crippen LogP contribution in [0.1, 0.15) is 106 Å². The molecule has 3 fully saturated rings. The number of rotatable bonds is 8. The molecule has 0 radical (unpaired) electrons. The second-order valence-electron chi connectivity index (χ2n) is 11.3. The van der Waals surface area contributed by atoms with Crippen molar-refractivity contribution < 1.29 is 32.5 Å². The number of hydrogen-bond acceptors (Lipinski definition) is 4. The second kappa shape index (κ2) is 11.8. The molecule has 0 aromatic heterocycles. The van der Waals surface area contributed by atoms with Crippen molar-refractivity contribution in [3.05, 3.63) is 64.5 Å². The van der Waals surface area contributed by atoms with E-state index in [1.54, 1.807) is 18.2 Å². The maximum absolute atomic E-state index is 15.2. The summed E-state index contributed by atoms with van der Waals surface area (Å²) in [4.78, 5) is 12.7. The van der Waals surface area contributed by atoms with E-state index in [0.717, 1.165) is 44.1 Å². The maximum atomic E-state index is 15.2. The van der Waals surface area contributed by atoms with Crippen LogP contribution in [0.3, 0.4) is 0 Å². The number of aliphatic hydroxyl groups is 1. The predicted molar refractivity (Wildman–Crippen MR) is 137 cm³/mol. The molecular weight excluding hydrogens is 493 g/mol. The highest BCUT2D eigenvalue weighted by Crippen LogP contribution is 2.42. The van der Waals surface area contributed by atoms with Crippen LogP contribution in [0, 0.1) is 29.3 Å². The standard InChI is InChI=1S/C31H37F3O4/c1-2-3-26(35)20-8-4-18(5-9-20)23-13-14-24(30(34)29(23)33)19-6-10-21(11-7-19)31(36)38-27-15-12-22(16-25(27)32)28-17-37-28/h12-16,18-21,26,28,35H,2-11,17H2,1H3. The summed E-state index contributed by atoms with van der Waals surface area (Å²) in [5.74, 6) is -3.06. The summed E-state index contributed by atoms with van der Waals surface area (Å²) in [7, 11) is 0. The zero-order valence-corrected chi connectivity index (χ0v) is 21.9. The summed E-state index contributed by atoms with van der Waals surface area (Å²) >= 11 is 0. The van der Waals surface area contributed by atoms with Crippen molar-refractivity contribution in [2.75, 3.05) is 6.61 Å². The highest BCUT2D eigenvalue weighted by Gasteiger charge is 2.33. The number of hydrogen-bond donors (Lipinski definition) is 1. The van der Waals surface area contributed by atoms with Crippen LogP contribution in [-0.2, 0) is 9.53 Å². The van der Waals surface area contributed by atoms with Crippen LogP contribution in [-0.4, -0.2) is 23.8 Å². The minimum atomic E-state index is -0.775. The summed E-state index contributed by atoms with van der Waals surface area (Å²) < 4.78 is 55.3. The molecule has 4 nitrogen and oxygen atoms in total. The van der Waals surface area contributed by atoms with Gasteiger partial charge in [0.15, 0.2) is 23.2 Å². The van der Waals surface area contributed by atoms with E-state index in [1.165, 1.54) is 12.1 Å². The van der Waals surface area contributed by atoms with Gasteiger partial charge in [-0.05, 0) is 104 Å². The first kappa shape index (κ1) is 27.2. The zero-order chi connectivity index (χ0) is 26.8. The van der Waals surface area contributed by atoms with E-state index >= 15 is 8.78 Å². The number of aliphatic hydroxyl groups excluding tert-OH is 1. The quantitative estimate of drug-likeness (QED) is 0.218. The maximum Gasteiger partial charge on any atom is 0.314 e. The van der Waals surface area contributed by atoms with E-state index in [4.69, 9.17) is 9.47 Å². The molecule has 1 saturated heterocycles. The lowest BCUT2D eigenvalue weighted by Gasteiger charge is -2.32. The van der Waals surface area contributed by atoms with Gasteiger partial charge >= 0.3 is 5.97 Å². The van der Waals surface area contributed by atoms with Gasteiger partial charge in [0.1, 0.15) is 6.10 Å². The van der Waals surface area contributed by atoms with Crippen LogP contribution in [0.15, 0.2) is 30.3 Å². The molecule has 0 bridgehead atoms. The van der Waals surface area contributed by atoms with E-state index in [2.05, 4.69) is 6.92 Å². The van der Waals surface area contributed by atoms with E-state index in [1.807, 2.05) is 0 Å². The Balaban J connectivity index is 1.16. The number of benzene rings is 2. The van der Waals surface area contributed by atoms with E-state index < -0.39 is 29.3 Å². The molecule has 2 unspecified atom stereocenters. The van der Waals surface area contributed by atoms with Crippen LogP contribution in [0.25, 0.3) is 0 Å². The average Bonchev–Trinajstić information content (AvgIpc) is 3.77. The Hall–Kier alpha value is -2.38. The van der Waals surface area contributed by atoms with Gasteiger partial charge in [0.25, 0.3) is 0 Å². The minimum absolute atomic E-state index is 0.0274. The van der Waals surface area contributed by atoms with Crippen LogP contribution in [0.5, 0.6) is 5.75 Å². The Morgan fingerprint density at radius 1 is 0.947 bits per heavy atom. The lowest BCUT2D eigenvalue weighted by molar-refractivity contribution is -0.140. The Morgan fingerprint density at radius 2 is 1.53 bits per heavy atom. The van der Waals surface area contributed by atoms with Crippen molar-refractivity contribution in [2.45, 2.75) is 95.2 Å². The van der Waals surface area contributed by atoms with E-state index in [-0.39, 0.29) is 35.7 Å². The molecule has 1 heterocycles. The van der Waals surface area contributed by atoms with E-state index in [9.17, 15) is 14.3 Å². The van der Waals surface area contributed by atoms with Gasteiger partial charge in [-0.1, -0.05) is 31.5 Å². The van der Waals surface area contributed by atoms with Gasteiger partial charge in [-0.15, -0.1) is 0 Å². The Morgan fingerprint density at radius 3 is 2.05 bits per heavy atom. The number of carbonyl (C=O) groups excluding carboxylic acids is 1. The van der Waals surface area contributed by atoms with Crippen molar-refractivity contribution in [3.63, 3.8) is 0 Å². The Labute approximate surface area is 222 Å². The number of carbonyl (C=O) groups is 1. The lowest BCUT2D eigenvalue weighted by Crippen LogP contribution is -2.26. The number of halogens is 3. The molecule has 1 aliphatic heterocycles. The fourth-order valence-electron chi connectivity index (χ4n) is 6.43. The summed E-state index contributed by atoms with van der Waals surface area (Å²) in [6, 6.07) is 7.94. The monoisotopic (exact) mass is 530 g/mol. The number of esters is 1. The molecule has 7 heteroatoms. The molecule has 2 aromatic carbocycles. The van der Waals surface area contributed by atoms with Crippen molar-refractivity contribution >= 4 is 5.97 Å². The molecule has 206 valence electrons. The third-order valence-electron chi connectivity index (χ3n) is 8.85. The van der Waals surface area contributed by atoms with Gasteiger partial charge in [-0.25, -0.2) is 13.2 Å². The second-order valence-corrected chi connectivity index (χ2v) is 11.3. The predicted octanol–water partition coefficient (Wildman–Crippen LogP) is 7.49. The molecule has 3 aliphatic rings. The third kappa shape index (κ3) is 5.94. The van der Waals surface area contributed by atoms with Crippen LogP contribution in [0.2, 0.25) is 0 Å². The van der Waals surface area contributed by atoms with Gasteiger partial charge in [0.2, 0.25) is 0 Å². The molecule has 5 rings (SSSR count). The smallest absolute Gasteiger partial charge is 0.314 e. The summed E-state index contributed by atoms with van der Waals surface area (Å²) in [6.45, 7) is 2.62. The third-order valence-corrected chi connectivity index (χ3v) is 8.85. The normalized spacial score (nSPS) is 28.1. The molecule has 0 amide bonds. The van der Waals surface area contributed by atoms with Crippen molar-refractivity contribution in [1.82, 2.24) is 0 Å². The first-order chi connectivity index (χ1) is 18.4. The fraction of sp³-hybridized carbons (Fsp3) is 0.581. The molecule has 38 heavy (non-hydrogen) atoms. The van der Waals surface area contributed by atoms with Crippen molar-refractivity contribution in [3.8, 4) is 5.75 Å². The van der Waals surface area contributed by atoms with Crippen LogP contribution < -0.4 is 4.74 Å². The number of epoxide rings is 1. The van der Waals surface area contributed by atoms with E-state index in [0.29, 0.717) is 43.4 Å². The van der Waals surface area contributed by atoms with Gasteiger partial charge < -0.3 is 14.6 Å². The van der Waals surface area contributed by atoms with Gasteiger partial charge in [-0.3, -0.25) is 4.79 Å². The Kier molecular flexibility index (Phi) is 8.44. The highest BCUT2D eigenvalue weighted by atomic mass is 19.2.